The van der Waals surface area contributed by atoms with Gasteiger partial charge in [-0.2, -0.15) is 0 Å². The summed E-state index contributed by atoms with van der Waals surface area (Å²) in [5.74, 6) is 0. The van der Waals surface area contributed by atoms with E-state index in [1.807, 2.05) is 11.3 Å². The summed E-state index contributed by atoms with van der Waals surface area (Å²) in [5, 5.41) is 10.7. The molecule has 0 spiro atoms. The van der Waals surface area contributed by atoms with Gasteiger partial charge in [-0.05, 0) is 62.6 Å². The van der Waals surface area contributed by atoms with E-state index in [1.54, 1.807) is 0 Å². The molecule has 6 aromatic rings. The van der Waals surface area contributed by atoms with E-state index in [1.165, 1.54) is 52.5 Å². The summed E-state index contributed by atoms with van der Waals surface area (Å²) in [7, 11) is 0. The Morgan fingerprint density at radius 3 is 1.88 bits per heavy atom. The maximum Gasteiger partial charge on any atom is 0.0362 e. The van der Waals surface area contributed by atoms with Crippen LogP contribution >= 0.6 is 27.3 Å². The quantitative estimate of drug-likeness (QED) is 0.220. The van der Waals surface area contributed by atoms with E-state index in [2.05, 4.69) is 94.8 Å². The second-order valence-corrected chi connectivity index (χ2v) is 8.73. The van der Waals surface area contributed by atoms with Crippen molar-refractivity contribution >= 4 is 79.8 Å². The molecule has 0 saturated carbocycles. The highest BCUT2D eigenvalue weighted by Gasteiger charge is 2.12. The number of hydrogen-bond donors (Lipinski definition) is 0. The van der Waals surface area contributed by atoms with Gasteiger partial charge in [0.05, 0.1) is 0 Å². The van der Waals surface area contributed by atoms with Crippen LogP contribution in [0.3, 0.4) is 0 Å². The molecule has 0 saturated heterocycles. The van der Waals surface area contributed by atoms with Gasteiger partial charge in [0.1, 0.15) is 0 Å². The number of rotatable bonds is 0. The van der Waals surface area contributed by atoms with Crippen LogP contribution in [0.4, 0.5) is 0 Å². The molecule has 0 N–H and O–H groups in total. The van der Waals surface area contributed by atoms with Crippen molar-refractivity contribution in [2.24, 2.45) is 0 Å². The Hall–Kier alpha value is -2.42. The average molecular weight is 413 g/mol. The van der Waals surface area contributed by atoms with Crippen molar-refractivity contribution in [3.8, 4) is 0 Å². The van der Waals surface area contributed by atoms with Crippen LogP contribution in [0.5, 0.6) is 0 Å². The van der Waals surface area contributed by atoms with E-state index >= 15 is 0 Å². The molecule has 1 aromatic heterocycles. The fraction of sp³-hybridized carbons (Fsp3) is 0. The molecule has 0 aliphatic heterocycles. The van der Waals surface area contributed by atoms with Gasteiger partial charge >= 0.3 is 0 Å². The van der Waals surface area contributed by atoms with Gasteiger partial charge in [0, 0.05) is 24.6 Å². The first-order chi connectivity index (χ1) is 12.8. The van der Waals surface area contributed by atoms with Crippen LogP contribution in [-0.4, -0.2) is 0 Å². The molecular formula is C24H13BrS. The van der Waals surface area contributed by atoms with Gasteiger partial charge in [-0.25, -0.2) is 0 Å². The van der Waals surface area contributed by atoms with E-state index in [0.717, 1.165) is 4.47 Å². The molecule has 5 aromatic carbocycles. The Kier molecular flexibility index (Phi) is 3.00. The molecule has 1 heterocycles. The summed E-state index contributed by atoms with van der Waals surface area (Å²) in [6, 6.07) is 28.9. The largest absolute Gasteiger partial charge is 0.135 e. The third kappa shape index (κ3) is 1.94. The van der Waals surface area contributed by atoms with E-state index in [9.17, 15) is 0 Å². The molecule has 0 unspecified atom stereocenters. The summed E-state index contributed by atoms with van der Waals surface area (Å²) >= 11 is 5.54. The molecule has 0 bridgehead atoms. The summed E-state index contributed by atoms with van der Waals surface area (Å²) in [5.41, 5.74) is 0. The Bertz CT molecular complexity index is 1490. The van der Waals surface area contributed by atoms with Crippen molar-refractivity contribution in [1.29, 1.82) is 0 Å². The van der Waals surface area contributed by atoms with Gasteiger partial charge in [-0.1, -0.05) is 64.5 Å². The second kappa shape index (κ2) is 5.29. The lowest BCUT2D eigenvalue weighted by Crippen LogP contribution is -1.83. The topological polar surface area (TPSA) is 0 Å². The highest BCUT2D eigenvalue weighted by atomic mass is 79.9. The molecule has 2 heteroatoms. The molecule has 122 valence electrons. The van der Waals surface area contributed by atoms with E-state index in [0.29, 0.717) is 0 Å². The van der Waals surface area contributed by atoms with Gasteiger partial charge in [-0.3, -0.25) is 0 Å². The van der Waals surface area contributed by atoms with Crippen LogP contribution in [0.15, 0.2) is 83.3 Å². The van der Waals surface area contributed by atoms with E-state index < -0.39 is 0 Å². The molecular weight excluding hydrogens is 400 g/mol. The minimum absolute atomic E-state index is 1.12. The van der Waals surface area contributed by atoms with Gasteiger partial charge in [0.15, 0.2) is 0 Å². The van der Waals surface area contributed by atoms with Crippen LogP contribution < -0.4 is 0 Å². The zero-order chi connectivity index (χ0) is 17.3. The van der Waals surface area contributed by atoms with E-state index in [4.69, 9.17) is 0 Å². The molecule has 0 radical (unpaired) electrons. The maximum atomic E-state index is 3.65. The number of fused-ring (bicyclic) bond motifs is 9. The van der Waals surface area contributed by atoms with Crippen LogP contribution in [0.1, 0.15) is 0 Å². The monoisotopic (exact) mass is 412 g/mol. The summed E-state index contributed by atoms with van der Waals surface area (Å²) in [6.45, 7) is 0. The molecule has 0 fully saturated rings. The number of halogens is 1. The first-order valence-electron chi connectivity index (χ1n) is 8.64. The lowest BCUT2D eigenvalue weighted by atomic mass is 9.93. The van der Waals surface area contributed by atoms with Gasteiger partial charge in [0.2, 0.25) is 0 Å². The number of thiophene rings is 1. The first kappa shape index (κ1) is 14.7. The zero-order valence-electron chi connectivity index (χ0n) is 13.8. The minimum atomic E-state index is 1.12. The van der Waals surface area contributed by atoms with Crippen molar-refractivity contribution < 1.29 is 0 Å². The third-order valence-corrected chi connectivity index (χ3v) is 6.92. The van der Waals surface area contributed by atoms with Crippen molar-refractivity contribution in [2.75, 3.05) is 0 Å². The Labute approximate surface area is 162 Å². The molecule has 0 aliphatic carbocycles. The molecule has 0 nitrogen and oxygen atoms in total. The average Bonchev–Trinajstić information content (AvgIpc) is 3.04. The molecule has 0 amide bonds. The Morgan fingerprint density at radius 2 is 1.08 bits per heavy atom. The summed E-state index contributed by atoms with van der Waals surface area (Å²) in [4.78, 5) is 0. The predicted molar refractivity (Wildman–Crippen MR) is 120 cm³/mol. The zero-order valence-corrected chi connectivity index (χ0v) is 16.2. The standard InChI is InChI=1S/C24H13BrS/c25-14-9-10-17-19(11-14)15-5-1-2-6-16(15)21-13-24-22(12-20(17)21)18-7-3-4-8-23(18)26-24/h1-13H. The number of hydrogen-bond acceptors (Lipinski definition) is 1. The lowest BCUT2D eigenvalue weighted by molar-refractivity contribution is 1.74. The predicted octanol–water partition coefficient (Wildman–Crippen LogP) is 8.28. The minimum Gasteiger partial charge on any atom is -0.135 e. The third-order valence-electron chi connectivity index (χ3n) is 5.30. The van der Waals surface area contributed by atoms with E-state index in [-0.39, 0.29) is 0 Å². The lowest BCUT2D eigenvalue weighted by Gasteiger charge is -2.11. The van der Waals surface area contributed by atoms with Crippen LogP contribution in [-0.2, 0) is 0 Å². The maximum absolute atomic E-state index is 3.65. The van der Waals surface area contributed by atoms with Crippen molar-refractivity contribution in [2.45, 2.75) is 0 Å². The van der Waals surface area contributed by atoms with Crippen molar-refractivity contribution in [3.63, 3.8) is 0 Å². The highest BCUT2D eigenvalue weighted by Crippen LogP contribution is 2.42. The fourth-order valence-corrected chi connectivity index (χ4v) is 5.63. The highest BCUT2D eigenvalue weighted by molar-refractivity contribution is 9.10. The Balaban J connectivity index is 1.95. The van der Waals surface area contributed by atoms with Crippen LogP contribution in [0, 0.1) is 0 Å². The summed E-state index contributed by atoms with van der Waals surface area (Å²) in [6.07, 6.45) is 0. The Morgan fingerprint density at radius 1 is 0.462 bits per heavy atom. The normalized spacial score (nSPS) is 12.0. The van der Waals surface area contributed by atoms with Gasteiger partial charge in [0.25, 0.3) is 0 Å². The molecule has 0 aliphatic rings. The molecule has 0 atom stereocenters. The van der Waals surface area contributed by atoms with Crippen LogP contribution in [0.2, 0.25) is 0 Å². The van der Waals surface area contributed by atoms with Gasteiger partial charge < -0.3 is 0 Å². The fourth-order valence-electron chi connectivity index (χ4n) is 4.14. The number of benzene rings is 5. The smallest absolute Gasteiger partial charge is 0.0362 e. The van der Waals surface area contributed by atoms with Crippen LogP contribution in [0.25, 0.3) is 52.5 Å². The second-order valence-electron chi connectivity index (χ2n) is 6.73. The van der Waals surface area contributed by atoms with Crippen molar-refractivity contribution in [3.05, 3.63) is 83.3 Å². The molecule has 26 heavy (non-hydrogen) atoms. The van der Waals surface area contributed by atoms with Gasteiger partial charge in [-0.15, -0.1) is 11.3 Å². The summed E-state index contributed by atoms with van der Waals surface area (Å²) < 4.78 is 3.84. The first-order valence-corrected chi connectivity index (χ1v) is 10.3. The molecule has 6 rings (SSSR count). The van der Waals surface area contributed by atoms with Crippen molar-refractivity contribution in [1.82, 2.24) is 0 Å². The SMILES string of the molecule is Brc1ccc2c(c1)c1ccccc1c1cc3sc4ccccc4c3cc21.